The maximum Gasteiger partial charge on any atom is 0.132 e. The molecule has 0 aliphatic heterocycles. The van der Waals surface area contributed by atoms with Gasteiger partial charge in [0.2, 0.25) is 0 Å². The Kier molecular flexibility index (Phi) is 3.38. The highest BCUT2D eigenvalue weighted by Crippen LogP contribution is 2.25. The fourth-order valence-corrected chi connectivity index (χ4v) is 3.22. The van der Waals surface area contributed by atoms with Crippen LogP contribution in [0.1, 0.15) is 18.3 Å². The molecule has 0 bridgehead atoms. The molecule has 2 heterocycles. The molecule has 0 unspecified atom stereocenters. The summed E-state index contributed by atoms with van der Waals surface area (Å²) in [5, 5.41) is 5.14. The van der Waals surface area contributed by atoms with Gasteiger partial charge in [0.05, 0.1) is 27.9 Å². The number of halogens is 2. The van der Waals surface area contributed by atoms with Gasteiger partial charge in [-0.1, -0.05) is 13.0 Å². The van der Waals surface area contributed by atoms with Crippen LogP contribution in [0.15, 0.2) is 34.9 Å². The van der Waals surface area contributed by atoms with Crippen LogP contribution >= 0.6 is 15.9 Å². The summed E-state index contributed by atoms with van der Waals surface area (Å²) < 4.78 is 18.7. The first-order chi connectivity index (χ1) is 9.61. The van der Waals surface area contributed by atoms with Crippen molar-refractivity contribution in [2.24, 2.45) is 7.05 Å². The van der Waals surface area contributed by atoms with Crippen molar-refractivity contribution in [1.82, 2.24) is 14.3 Å². The van der Waals surface area contributed by atoms with E-state index in [0.717, 1.165) is 27.8 Å². The smallest absolute Gasteiger partial charge is 0.132 e. The van der Waals surface area contributed by atoms with E-state index < -0.39 is 0 Å². The number of fused-ring (bicyclic) bond motifs is 1. The maximum atomic E-state index is 13.7. The largest absolute Gasteiger partial charge is 0.341 e. The molecule has 1 aromatic carbocycles. The van der Waals surface area contributed by atoms with E-state index in [2.05, 4.69) is 28.0 Å². The van der Waals surface area contributed by atoms with Crippen LogP contribution in [0.3, 0.4) is 0 Å². The van der Waals surface area contributed by atoms with Crippen LogP contribution in [0.2, 0.25) is 0 Å². The zero-order chi connectivity index (χ0) is 14.3. The van der Waals surface area contributed by atoms with Crippen molar-refractivity contribution in [2.75, 3.05) is 0 Å². The number of hydrogen-bond donors (Lipinski definition) is 0. The average Bonchev–Trinajstić information content (AvgIpc) is 2.96. The molecule has 0 radical (unpaired) electrons. The van der Waals surface area contributed by atoms with E-state index in [1.54, 1.807) is 6.07 Å². The second kappa shape index (κ2) is 5.05. The molecule has 0 aliphatic carbocycles. The van der Waals surface area contributed by atoms with Gasteiger partial charge in [-0.3, -0.25) is 4.68 Å². The van der Waals surface area contributed by atoms with Crippen LogP contribution in [0.5, 0.6) is 0 Å². The fraction of sp³-hybridized carbons (Fsp3) is 0.267. The molecule has 0 aliphatic rings. The number of nitrogens with zero attached hydrogens (tertiary/aromatic N) is 3. The van der Waals surface area contributed by atoms with E-state index in [1.165, 1.54) is 6.07 Å². The minimum atomic E-state index is -0.181. The molecule has 0 saturated heterocycles. The van der Waals surface area contributed by atoms with Crippen molar-refractivity contribution in [3.8, 4) is 0 Å². The normalized spacial score (nSPS) is 11.4. The number of rotatable bonds is 3. The van der Waals surface area contributed by atoms with Gasteiger partial charge < -0.3 is 4.57 Å². The molecule has 20 heavy (non-hydrogen) atoms. The fourth-order valence-electron chi connectivity index (χ4n) is 2.48. The quantitative estimate of drug-likeness (QED) is 0.712. The number of aryl methyl sites for hydroxylation is 2. The molecular weight excluding hydrogens is 321 g/mol. The van der Waals surface area contributed by atoms with E-state index in [9.17, 15) is 4.39 Å². The molecule has 0 saturated carbocycles. The Labute approximate surface area is 125 Å². The Bertz CT molecular complexity index is 773. The lowest BCUT2D eigenvalue weighted by Crippen LogP contribution is -2.05. The SMILES string of the molecule is CCc1nn(C)c(Cn2ccc3c(F)cccc32)c1Br. The van der Waals surface area contributed by atoms with Crippen molar-refractivity contribution in [2.45, 2.75) is 19.9 Å². The second-order valence-electron chi connectivity index (χ2n) is 4.80. The summed E-state index contributed by atoms with van der Waals surface area (Å²) >= 11 is 3.62. The van der Waals surface area contributed by atoms with E-state index >= 15 is 0 Å². The first kappa shape index (κ1) is 13.4. The van der Waals surface area contributed by atoms with Crippen LogP contribution < -0.4 is 0 Å². The van der Waals surface area contributed by atoms with Gasteiger partial charge in [-0.25, -0.2) is 4.39 Å². The molecule has 3 aromatic rings. The number of aromatic nitrogens is 3. The van der Waals surface area contributed by atoms with Gasteiger partial charge in [0.1, 0.15) is 5.82 Å². The molecule has 3 nitrogen and oxygen atoms in total. The highest BCUT2D eigenvalue weighted by Gasteiger charge is 2.14. The van der Waals surface area contributed by atoms with Crippen LogP contribution in [-0.4, -0.2) is 14.3 Å². The summed E-state index contributed by atoms with van der Waals surface area (Å²) in [6, 6.07) is 6.98. The van der Waals surface area contributed by atoms with E-state index in [-0.39, 0.29) is 5.82 Å². The molecule has 0 N–H and O–H groups in total. The lowest BCUT2D eigenvalue weighted by Gasteiger charge is -2.07. The summed E-state index contributed by atoms with van der Waals surface area (Å²) in [6.45, 7) is 2.74. The van der Waals surface area contributed by atoms with Crippen molar-refractivity contribution in [3.05, 3.63) is 52.1 Å². The summed E-state index contributed by atoms with van der Waals surface area (Å²) in [5.41, 5.74) is 3.03. The molecule has 5 heteroatoms. The highest BCUT2D eigenvalue weighted by atomic mass is 79.9. The number of benzene rings is 1. The summed E-state index contributed by atoms with van der Waals surface area (Å²) in [6.07, 6.45) is 2.80. The molecule has 0 amide bonds. The predicted octanol–water partition coefficient (Wildman–Crippen LogP) is 3.89. The third kappa shape index (κ3) is 2.06. The molecule has 3 rings (SSSR count). The van der Waals surface area contributed by atoms with Gasteiger partial charge in [0.25, 0.3) is 0 Å². The maximum absolute atomic E-state index is 13.7. The van der Waals surface area contributed by atoms with E-state index in [0.29, 0.717) is 11.9 Å². The van der Waals surface area contributed by atoms with Crippen LogP contribution in [0.25, 0.3) is 10.9 Å². The lowest BCUT2D eigenvalue weighted by molar-refractivity contribution is 0.639. The van der Waals surface area contributed by atoms with Gasteiger partial charge in [-0.2, -0.15) is 5.10 Å². The Balaban J connectivity index is 2.06. The Morgan fingerprint density at radius 1 is 1.30 bits per heavy atom. The molecular formula is C15H15BrFN3. The summed E-state index contributed by atoms with van der Waals surface area (Å²) in [4.78, 5) is 0. The first-order valence-corrected chi connectivity index (χ1v) is 7.34. The van der Waals surface area contributed by atoms with Gasteiger partial charge in [-0.05, 0) is 40.5 Å². The van der Waals surface area contributed by atoms with Crippen molar-refractivity contribution >= 4 is 26.8 Å². The third-order valence-corrected chi connectivity index (χ3v) is 4.50. The van der Waals surface area contributed by atoms with Crippen LogP contribution in [0, 0.1) is 5.82 Å². The summed E-state index contributed by atoms with van der Waals surface area (Å²) in [5.74, 6) is -0.181. The van der Waals surface area contributed by atoms with Crippen LogP contribution in [0.4, 0.5) is 4.39 Å². The van der Waals surface area contributed by atoms with Gasteiger partial charge >= 0.3 is 0 Å². The minimum absolute atomic E-state index is 0.181. The standard InChI is InChI=1S/C15H15BrFN3/c1-3-12-15(16)14(19(2)18-12)9-20-8-7-10-11(17)5-4-6-13(10)20/h4-8H,3,9H2,1-2H3. The molecule has 0 fully saturated rings. The van der Waals surface area contributed by atoms with Gasteiger partial charge in [-0.15, -0.1) is 0 Å². The second-order valence-corrected chi connectivity index (χ2v) is 5.59. The molecule has 104 valence electrons. The topological polar surface area (TPSA) is 22.8 Å². The monoisotopic (exact) mass is 335 g/mol. The lowest BCUT2D eigenvalue weighted by atomic mass is 10.2. The first-order valence-electron chi connectivity index (χ1n) is 6.55. The zero-order valence-corrected chi connectivity index (χ0v) is 13.0. The predicted molar refractivity (Wildman–Crippen MR) is 81.3 cm³/mol. The Morgan fingerprint density at radius 2 is 2.10 bits per heavy atom. The van der Waals surface area contributed by atoms with E-state index in [1.807, 2.05) is 34.6 Å². The number of hydrogen-bond acceptors (Lipinski definition) is 1. The Hall–Kier alpha value is -1.62. The van der Waals surface area contributed by atoms with Crippen molar-refractivity contribution in [1.29, 1.82) is 0 Å². The van der Waals surface area contributed by atoms with Gasteiger partial charge in [0.15, 0.2) is 0 Å². The average molecular weight is 336 g/mol. The van der Waals surface area contributed by atoms with Crippen LogP contribution in [-0.2, 0) is 20.0 Å². The molecule has 0 spiro atoms. The molecule has 0 atom stereocenters. The van der Waals surface area contributed by atoms with Gasteiger partial charge in [0, 0.05) is 18.6 Å². The van der Waals surface area contributed by atoms with E-state index in [4.69, 9.17) is 0 Å². The third-order valence-electron chi connectivity index (χ3n) is 3.58. The zero-order valence-electron chi connectivity index (χ0n) is 11.4. The van der Waals surface area contributed by atoms with Crippen molar-refractivity contribution < 1.29 is 4.39 Å². The highest BCUT2D eigenvalue weighted by molar-refractivity contribution is 9.10. The minimum Gasteiger partial charge on any atom is -0.341 e. The summed E-state index contributed by atoms with van der Waals surface area (Å²) in [7, 11) is 1.94. The van der Waals surface area contributed by atoms with Crippen molar-refractivity contribution in [3.63, 3.8) is 0 Å². The Morgan fingerprint density at radius 3 is 2.80 bits per heavy atom. The molecule has 2 aromatic heterocycles.